The molecule has 1 heterocycles. The third-order valence-corrected chi connectivity index (χ3v) is 3.97. The molecule has 0 saturated heterocycles. The number of anilines is 1. The van der Waals surface area contributed by atoms with Crippen LogP contribution < -0.4 is 5.32 Å². The number of halogens is 1. The third kappa shape index (κ3) is 3.59. The largest absolute Gasteiger partial charge is 0.334 e. The van der Waals surface area contributed by atoms with E-state index in [1.807, 2.05) is 36.4 Å². The minimum Gasteiger partial charge on any atom is -0.334 e. The van der Waals surface area contributed by atoms with Gasteiger partial charge < -0.3 is 9.84 Å². The number of benzene rings is 3. The van der Waals surface area contributed by atoms with Crippen LogP contribution in [0.3, 0.4) is 0 Å². The molecule has 0 spiro atoms. The summed E-state index contributed by atoms with van der Waals surface area (Å²) in [5, 5.41) is 6.82. The molecule has 1 aromatic heterocycles. The lowest BCUT2D eigenvalue weighted by Gasteiger charge is -2.08. The van der Waals surface area contributed by atoms with Gasteiger partial charge in [-0.15, -0.1) is 0 Å². The zero-order valence-electron chi connectivity index (χ0n) is 14.1. The van der Waals surface area contributed by atoms with Crippen molar-refractivity contribution in [3.05, 3.63) is 90.2 Å². The molecule has 1 amide bonds. The number of nitrogens with one attached hydrogen (secondary N) is 1. The summed E-state index contributed by atoms with van der Waals surface area (Å²) in [6.07, 6.45) is 0. The predicted octanol–water partition coefficient (Wildman–Crippen LogP) is 4.80. The van der Waals surface area contributed by atoms with E-state index in [2.05, 4.69) is 15.5 Å². The van der Waals surface area contributed by atoms with Crippen LogP contribution in [0.4, 0.5) is 10.1 Å². The maximum absolute atomic E-state index is 13.0. The quantitative estimate of drug-likeness (QED) is 0.568. The zero-order chi connectivity index (χ0) is 18.6. The van der Waals surface area contributed by atoms with Gasteiger partial charge in [0, 0.05) is 11.1 Å². The van der Waals surface area contributed by atoms with Crippen LogP contribution in [-0.4, -0.2) is 16.0 Å². The summed E-state index contributed by atoms with van der Waals surface area (Å²) in [6.45, 7) is 0. The van der Waals surface area contributed by atoms with E-state index in [1.165, 1.54) is 24.3 Å². The van der Waals surface area contributed by atoms with Crippen LogP contribution in [0.2, 0.25) is 0 Å². The summed E-state index contributed by atoms with van der Waals surface area (Å²) in [5.41, 5.74) is 2.31. The SMILES string of the molecule is O=C(Nc1ccccc1-c1nc(-c2ccccc2)no1)c1ccc(F)cc1. The molecule has 4 aromatic rings. The predicted molar refractivity (Wildman–Crippen MR) is 99.5 cm³/mol. The van der Waals surface area contributed by atoms with Gasteiger partial charge in [-0.3, -0.25) is 4.79 Å². The highest BCUT2D eigenvalue weighted by Crippen LogP contribution is 2.28. The minimum absolute atomic E-state index is 0.295. The highest BCUT2D eigenvalue weighted by Gasteiger charge is 2.16. The molecule has 0 bridgehead atoms. The molecule has 3 aromatic carbocycles. The second kappa shape index (κ2) is 7.21. The number of hydrogen-bond acceptors (Lipinski definition) is 4. The number of rotatable bonds is 4. The van der Waals surface area contributed by atoms with Crippen LogP contribution in [-0.2, 0) is 0 Å². The molecule has 0 aliphatic heterocycles. The molecule has 0 fully saturated rings. The van der Waals surface area contributed by atoms with Gasteiger partial charge in [-0.25, -0.2) is 4.39 Å². The number of hydrogen-bond donors (Lipinski definition) is 1. The lowest BCUT2D eigenvalue weighted by Crippen LogP contribution is -2.12. The normalized spacial score (nSPS) is 10.6. The van der Waals surface area contributed by atoms with Crippen molar-refractivity contribution in [1.29, 1.82) is 0 Å². The molecular weight excluding hydrogens is 345 g/mol. The van der Waals surface area contributed by atoms with Gasteiger partial charge in [0.05, 0.1) is 11.3 Å². The molecule has 27 heavy (non-hydrogen) atoms. The Bertz CT molecular complexity index is 1080. The van der Waals surface area contributed by atoms with Crippen molar-refractivity contribution >= 4 is 11.6 Å². The van der Waals surface area contributed by atoms with Crippen molar-refractivity contribution in [2.24, 2.45) is 0 Å². The molecule has 132 valence electrons. The number of amides is 1. The topological polar surface area (TPSA) is 68.0 Å². The number of nitrogens with zero attached hydrogens (tertiary/aromatic N) is 2. The van der Waals surface area contributed by atoms with E-state index < -0.39 is 5.82 Å². The summed E-state index contributed by atoms with van der Waals surface area (Å²) >= 11 is 0. The van der Waals surface area contributed by atoms with Gasteiger partial charge >= 0.3 is 0 Å². The summed E-state index contributed by atoms with van der Waals surface area (Å²) in [6, 6.07) is 21.9. The molecule has 4 rings (SSSR count). The van der Waals surface area contributed by atoms with Crippen LogP contribution in [0.5, 0.6) is 0 Å². The van der Waals surface area contributed by atoms with Crippen molar-refractivity contribution in [3.8, 4) is 22.8 Å². The maximum Gasteiger partial charge on any atom is 0.260 e. The van der Waals surface area contributed by atoms with Gasteiger partial charge in [0.25, 0.3) is 11.8 Å². The smallest absolute Gasteiger partial charge is 0.260 e. The van der Waals surface area contributed by atoms with E-state index in [-0.39, 0.29) is 5.91 Å². The summed E-state index contributed by atoms with van der Waals surface area (Å²) in [5.74, 6) is 0.00521. The Kier molecular flexibility index (Phi) is 4.45. The molecular formula is C21H14FN3O2. The number of carbonyl (C=O) groups excluding carboxylic acids is 1. The van der Waals surface area contributed by atoms with Gasteiger partial charge in [0.2, 0.25) is 5.82 Å². The van der Waals surface area contributed by atoms with E-state index in [1.54, 1.807) is 18.2 Å². The molecule has 0 atom stereocenters. The molecule has 0 radical (unpaired) electrons. The first-order chi connectivity index (χ1) is 13.2. The summed E-state index contributed by atoms with van der Waals surface area (Å²) in [4.78, 5) is 16.9. The van der Waals surface area contributed by atoms with Crippen molar-refractivity contribution in [3.63, 3.8) is 0 Å². The fourth-order valence-corrected chi connectivity index (χ4v) is 2.61. The van der Waals surface area contributed by atoms with E-state index in [9.17, 15) is 9.18 Å². The second-order valence-corrected chi connectivity index (χ2v) is 5.80. The Morgan fingerprint density at radius 1 is 0.889 bits per heavy atom. The summed E-state index contributed by atoms with van der Waals surface area (Å²) < 4.78 is 18.4. The van der Waals surface area contributed by atoms with E-state index in [4.69, 9.17) is 4.52 Å². The molecule has 5 nitrogen and oxygen atoms in total. The van der Waals surface area contributed by atoms with Crippen LogP contribution in [0.25, 0.3) is 22.8 Å². The van der Waals surface area contributed by atoms with Gasteiger partial charge in [-0.05, 0) is 36.4 Å². The molecule has 0 saturated carbocycles. The first-order valence-corrected chi connectivity index (χ1v) is 8.26. The zero-order valence-corrected chi connectivity index (χ0v) is 14.1. The van der Waals surface area contributed by atoms with Crippen molar-refractivity contribution < 1.29 is 13.7 Å². The van der Waals surface area contributed by atoms with E-state index in [0.29, 0.717) is 28.5 Å². The Hall–Kier alpha value is -3.80. The van der Waals surface area contributed by atoms with Crippen molar-refractivity contribution in [1.82, 2.24) is 10.1 Å². The third-order valence-electron chi connectivity index (χ3n) is 3.97. The second-order valence-electron chi connectivity index (χ2n) is 5.80. The van der Waals surface area contributed by atoms with Crippen LogP contribution in [0, 0.1) is 5.82 Å². The molecule has 6 heteroatoms. The average molecular weight is 359 g/mol. The highest BCUT2D eigenvalue weighted by molar-refractivity contribution is 6.05. The standard InChI is InChI=1S/C21H14FN3O2/c22-16-12-10-15(11-13-16)20(26)23-18-9-5-4-8-17(18)21-24-19(25-27-21)14-6-2-1-3-7-14/h1-13H,(H,23,26). The van der Waals surface area contributed by atoms with Crippen molar-refractivity contribution in [2.75, 3.05) is 5.32 Å². The van der Waals surface area contributed by atoms with Gasteiger partial charge in [-0.2, -0.15) is 4.98 Å². The Morgan fingerprint density at radius 2 is 1.59 bits per heavy atom. The fraction of sp³-hybridized carbons (Fsp3) is 0. The summed E-state index contributed by atoms with van der Waals surface area (Å²) in [7, 11) is 0. The lowest BCUT2D eigenvalue weighted by atomic mass is 10.1. The van der Waals surface area contributed by atoms with Gasteiger partial charge in [0.15, 0.2) is 0 Å². The van der Waals surface area contributed by atoms with Crippen molar-refractivity contribution in [2.45, 2.75) is 0 Å². The molecule has 0 aliphatic rings. The Morgan fingerprint density at radius 3 is 2.37 bits per heavy atom. The van der Waals surface area contributed by atoms with Gasteiger partial charge in [-0.1, -0.05) is 47.6 Å². The van der Waals surface area contributed by atoms with E-state index in [0.717, 1.165) is 5.56 Å². The van der Waals surface area contributed by atoms with E-state index >= 15 is 0 Å². The monoisotopic (exact) mass is 359 g/mol. The maximum atomic E-state index is 13.0. The molecule has 0 unspecified atom stereocenters. The fourth-order valence-electron chi connectivity index (χ4n) is 2.61. The van der Waals surface area contributed by atoms with Crippen LogP contribution in [0.15, 0.2) is 83.4 Å². The molecule has 1 N–H and O–H groups in total. The number of aromatic nitrogens is 2. The lowest BCUT2D eigenvalue weighted by molar-refractivity contribution is 0.102. The molecule has 0 aliphatic carbocycles. The Balaban J connectivity index is 1.63. The van der Waals surface area contributed by atoms with Crippen LogP contribution in [0.1, 0.15) is 10.4 Å². The first-order valence-electron chi connectivity index (χ1n) is 8.26. The highest BCUT2D eigenvalue weighted by atomic mass is 19.1. The average Bonchev–Trinajstić information content (AvgIpc) is 3.19. The first kappa shape index (κ1) is 16.7. The minimum atomic E-state index is -0.397. The number of para-hydroxylation sites is 1. The number of carbonyl (C=O) groups is 1. The van der Waals surface area contributed by atoms with Gasteiger partial charge in [0.1, 0.15) is 5.82 Å². The Labute approximate surface area is 154 Å². The van der Waals surface area contributed by atoms with Crippen LogP contribution >= 0.6 is 0 Å².